The van der Waals surface area contributed by atoms with Gasteiger partial charge in [-0.3, -0.25) is 4.79 Å². The predicted octanol–water partition coefficient (Wildman–Crippen LogP) is 6.66. The molecule has 0 atom stereocenters. The zero-order chi connectivity index (χ0) is 22.8. The number of hydrogen-bond acceptors (Lipinski definition) is 5. The molecule has 0 saturated carbocycles. The van der Waals surface area contributed by atoms with Crippen LogP contribution >= 0.6 is 31.9 Å². The van der Waals surface area contributed by atoms with E-state index in [0.717, 1.165) is 31.4 Å². The van der Waals surface area contributed by atoms with Gasteiger partial charge in [-0.1, -0.05) is 6.07 Å². The lowest BCUT2D eigenvalue weighted by molar-refractivity contribution is -0.118. The van der Waals surface area contributed by atoms with Crippen molar-refractivity contribution in [2.75, 3.05) is 19.0 Å². The van der Waals surface area contributed by atoms with Crippen molar-refractivity contribution in [3.63, 3.8) is 0 Å². The minimum atomic E-state index is -0.265. The summed E-state index contributed by atoms with van der Waals surface area (Å²) >= 11 is 6.96. The fourth-order valence-corrected chi connectivity index (χ4v) is 4.68. The van der Waals surface area contributed by atoms with Crippen LogP contribution in [0.25, 0.3) is 22.6 Å². The second-order valence-electron chi connectivity index (χ2n) is 7.28. The van der Waals surface area contributed by atoms with Gasteiger partial charge in [-0.15, -0.1) is 0 Å². The van der Waals surface area contributed by atoms with E-state index < -0.39 is 0 Å². The molecule has 4 aromatic rings. The number of ether oxygens (including phenoxy) is 2. The van der Waals surface area contributed by atoms with Gasteiger partial charge in [-0.25, -0.2) is 4.98 Å². The fraction of sp³-hybridized carbons (Fsp3) is 0.167. The number of anilines is 1. The van der Waals surface area contributed by atoms with Gasteiger partial charge in [0.1, 0.15) is 17.0 Å². The highest BCUT2D eigenvalue weighted by atomic mass is 79.9. The highest BCUT2D eigenvalue weighted by Crippen LogP contribution is 2.33. The van der Waals surface area contributed by atoms with Gasteiger partial charge in [-0.2, -0.15) is 0 Å². The molecule has 0 aliphatic heterocycles. The molecule has 0 radical (unpaired) electrons. The minimum absolute atomic E-state index is 0.107. The molecule has 6 nitrogen and oxygen atoms in total. The van der Waals surface area contributed by atoms with Crippen molar-refractivity contribution < 1.29 is 18.7 Å². The summed E-state index contributed by atoms with van der Waals surface area (Å²) in [4.78, 5) is 17.0. The van der Waals surface area contributed by atoms with Crippen LogP contribution in [0.1, 0.15) is 11.1 Å². The lowest BCUT2D eigenvalue weighted by atomic mass is 10.1. The van der Waals surface area contributed by atoms with Crippen LogP contribution in [0.15, 0.2) is 61.9 Å². The number of amides is 1. The molecule has 0 bridgehead atoms. The quantitative estimate of drug-likeness (QED) is 0.286. The molecule has 0 fully saturated rings. The minimum Gasteiger partial charge on any atom is -0.496 e. The van der Waals surface area contributed by atoms with E-state index in [-0.39, 0.29) is 12.5 Å². The predicted molar refractivity (Wildman–Crippen MR) is 131 cm³/mol. The lowest BCUT2D eigenvalue weighted by Crippen LogP contribution is -2.20. The number of carbonyl (C=O) groups is 1. The summed E-state index contributed by atoms with van der Waals surface area (Å²) < 4.78 is 18.5. The topological polar surface area (TPSA) is 73.6 Å². The first kappa shape index (κ1) is 22.4. The molecule has 0 saturated heterocycles. The SMILES string of the molecule is COc1ccc(-c2nc3cc(NC(=O)COc4c(C)cc(C)cc4Br)ccc3o2)cc1Br. The molecule has 1 aromatic heterocycles. The number of rotatable bonds is 6. The van der Waals surface area contributed by atoms with Gasteiger partial charge in [0.15, 0.2) is 12.2 Å². The van der Waals surface area contributed by atoms with Crippen molar-refractivity contribution in [2.45, 2.75) is 13.8 Å². The second kappa shape index (κ2) is 9.34. The fourth-order valence-electron chi connectivity index (χ4n) is 3.35. The lowest BCUT2D eigenvalue weighted by Gasteiger charge is -2.12. The summed E-state index contributed by atoms with van der Waals surface area (Å²) in [5, 5.41) is 2.84. The standard InChI is InChI=1S/C24H20Br2N2O4/c1-13-8-14(2)23(18(26)9-13)31-12-22(29)27-16-5-7-21-19(11-16)28-24(32-21)15-4-6-20(30-3)17(25)10-15/h4-11H,12H2,1-3H3,(H,27,29). The third-order valence-corrected chi connectivity index (χ3v) is 6.00. The Balaban J connectivity index is 1.47. The third-order valence-electron chi connectivity index (χ3n) is 4.79. The summed E-state index contributed by atoms with van der Waals surface area (Å²) in [6.07, 6.45) is 0. The Labute approximate surface area is 202 Å². The number of aromatic nitrogens is 1. The van der Waals surface area contributed by atoms with Crippen LogP contribution in [0.3, 0.4) is 0 Å². The number of hydrogen-bond donors (Lipinski definition) is 1. The van der Waals surface area contributed by atoms with Gasteiger partial charge in [-0.05, 0) is 99.3 Å². The zero-order valence-electron chi connectivity index (χ0n) is 17.7. The molecule has 1 amide bonds. The maximum absolute atomic E-state index is 12.4. The number of nitrogens with one attached hydrogen (secondary N) is 1. The van der Waals surface area contributed by atoms with Crippen molar-refractivity contribution in [2.24, 2.45) is 0 Å². The van der Waals surface area contributed by atoms with Crippen LogP contribution in [0.2, 0.25) is 0 Å². The molecule has 0 aliphatic rings. The van der Waals surface area contributed by atoms with E-state index in [1.807, 2.05) is 44.2 Å². The van der Waals surface area contributed by atoms with Crippen LogP contribution in [0, 0.1) is 13.8 Å². The average Bonchev–Trinajstić information content (AvgIpc) is 3.16. The van der Waals surface area contributed by atoms with Gasteiger partial charge in [0.2, 0.25) is 5.89 Å². The van der Waals surface area contributed by atoms with Gasteiger partial charge < -0.3 is 19.2 Å². The number of nitrogens with zero attached hydrogens (tertiary/aromatic N) is 1. The average molecular weight is 560 g/mol. The first-order chi connectivity index (χ1) is 15.3. The normalized spacial score (nSPS) is 10.9. The zero-order valence-corrected chi connectivity index (χ0v) is 20.8. The molecule has 0 unspecified atom stereocenters. The van der Waals surface area contributed by atoms with E-state index >= 15 is 0 Å². The van der Waals surface area contributed by atoms with Crippen LogP contribution in [-0.4, -0.2) is 24.6 Å². The number of fused-ring (bicyclic) bond motifs is 1. The largest absolute Gasteiger partial charge is 0.496 e. The van der Waals surface area contributed by atoms with E-state index in [0.29, 0.717) is 28.4 Å². The first-order valence-electron chi connectivity index (χ1n) is 9.78. The number of oxazole rings is 1. The number of methoxy groups -OCH3 is 1. The van der Waals surface area contributed by atoms with Crippen molar-refractivity contribution >= 4 is 54.6 Å². The Bertz CT molecular complexity index is 1290. The molecule has 1 N–H and O–H groups in total. The first-order valence-corrected chi connectivity index (χ1v) is 11.4. The van der Waals surface area contributed by atoms with E-state index in [1.54, 1.807) is 25.3 Å². The molecular weight excluding hydrogens is 540 g/mol. The van der Waals surface area contributed by atoms with Crippen LogP contribution in [0.5, 0.6) is 11.5 Å². The van der Waals surface area contributed by atoms with E-state index in [2.05, 4.69) is 42.2 Å². The molecule has 164 valence electrons. The molecule has 8 heteroatoms. The number of halogens is 2. The van der Waals surface area contributed by atoms with Crippen molar-refractivity contribution in [3.05, 3.63) is 68.6 Å². The molecular formula is C24H20Br2N2O4. The molecule has 1 heterocycles. The van der Waals surface area contributed by atoms with Crippen LogP contribution in [-0.2, 0) is 4.79 Å². The Morgan fingerprint density at radius 3 is 2.59 bits per heavy atom. The highest BCUT2D eigenvalue weighted by molar-refractivity contribution is 9.10. The summed E-state index contributed by atoms with van der Waals surface area (Å²) in [5.41, 5.74) is 4.77. The Hall–Kier alpha value is -2.84. The van der Waals surface area contributed by atoms with E-state index in [4.69, 9.17) is 13.9 Å². The summed E-state index contributed by atoms with van der Waals surface area (Å²) in [5.74, 6) is 1.60. The molecule has 32 heavy (non-hydrogen) atoms. The monoisotopic (exact) mass is 558 g/mol. The van der Waals surface area contributed by atoms with Gasteiger partial charge >= 0.3 is 0 Å². The number of carbonyl (C=O) groups excluding carboxylic acids is 1. The molecule has 3 aromatic carbocycles. The van der Waals surface area contributed by atoms with Crippen molar-refractivity contribution in [1.82, 2.24) is 4.98 Å². The maximum Gasteiger partial charge on any atom is 0.262 e. The Kier molecular flexibility index (Phi) is 6.53. The molecule has 4 rings (SSSR count). The smallest absolute Gasteiger partial charge is 0.262 e. The van der Waals surface area contributed by atoms with Gasteiger partial charge in [0.05, 0.1) is 16.1 Å². The summed E-state index contributed by atoms with van der Waals surface area (Å²) in [6, 6.07) is 14.9. The number of benzene rings is 3. The van der Waals surface area contributed by atoms with Crippen LogP contribution in [0.4, 0.5) is 5.69 Å². The summed E-state index contributed by atoms with van der Waals surface area (Å²) in [7, 11) is 1.61. The van der Waals surface area contributed by atoms with Gasteiger partial charge in [0, 0.05) is 11.3 Å². The maximum atomic E-state index is 12.4. The van der Waals surface area contributed by atoms with E-state index in [9.17, 15) is 4.79 Å². The number of aryl methyl sites for hydroxylation is 2. The molecule has 0 spiro atoms. The highest BCUT2D eigenvalue weighted by Gasteiger charge is 2.13. The van der Waals surface area contributed by atoms with Crippen molar-refractivity contribution in [1.29, 1.82) is 0 Å². The molecule has 0 aliphatic carbocycles. The second-order valence-corrected chi connectivity index (χ2v) is 8.99. The van der Waals surface area contributed by atoms with Gasteiger partial charge in [0.25, 0.3) is 5.91 Å². The van der Waals surface area contributed by atoms with Crippen molar-refractivity contribution in [3.8, 4) is 23.0 Å². The third kappa shape index (κ3) is 4.81. The summed E-state index contributed by atoms with van der Waals surface area (Å²) in [6.45, 7) is 3.85. The Morgan fingerprint density at radius 2 is 1.88 bits per heavy atom. The van der Waals surface area contributed by atoms with E-state index in [1.165, 1.54) is 0 Å². The Morgan fingerprint density at radius 1 is 1.06 bits per heavy atom. The van der Waals surface area contributed by atoms with Crippen LogP contribution < -0.4 is 14.8 Å².